The molecule has 0 aliphatic carbocycles. The third kappa shape index (κ3) is 3.53. The minimum Gasteiger partial charge on any atom is -0.375 e. The van der Waals surface area contributed by atoms with Gasteiger partial charge in [-0.1, -0.05) is 13.8 Å². The Hall–Kier alpha value is -0.0600. The van der Waals surface area contributed by atoms with Crippen molar-refractivity contribution in [2.45, 2.75) is 45.1 Å². The molecule has 2 rings (SSSR count). The second kappa shape index (κ2) is 6.59. The lowest BCUT2D eigenvalue weighted by Crippen LogP contribution is -2.46. The van der Waals surface area contributed by atoms with Crippen LogP contribution in [0.3, 0.4) is 0 Å². The Balaban J connectivity index is 2.02. The Morgan fingerprint density at radius 2 is 2.11 bits per heavy atom. The summed E-state index contributed by atoms with van der Waals surface area (Å²) in [5.74, 6) is 3.28. The number of carbonyl (C=O) groups excluding carboxylic acids is 1. The predicted octanol–water partition coefficient (Wildman–Crippen LogP) is 2.48. The number of ketones is 1. The summed E-state index contributed by atoms with van der Waals surface area (Å²) in [5, 5.41) is 0. The quantitative estimate of drug-likeness (QED) is 0.862. The fourth-order valence-electron chi connectivity index (χ4n) is 3.38. The van der Waals surface area contributed by atoms with E-state index in [1.165, 1.54) is 11.5 Å². The Morgan fingerprint density at radius 1 is 1.42 bits per heavy atom. The van der Waals surface area contributed by atoms with Gasteiger partial charge in [0.15, 0.2) is 0 Å². The number of hydrogen-bond donors (Lipinski definition) is 1. The van der Waals surface area contributed by atoms with Crippen LogP contribution in [0, 0.1) is 17.8 Å². The Kier molecular flexibility index (Phi) is 5.32. The van der Waals surface area contributed by atoms with Gasteiger partial charge < -0.3 is 10.5 Å². The lowest BCUT2D eigenvalue weighted by molar-refractivity contribution is -0.142. The van der Waals surface area contributed by atoms with Crippen molar-refractivity contribution in [3.63, 3.8) is 0 Å². The Morgan fingerprint density at radius 3 is 2.68 bits per heavy atom. The Bertz CT molecular complexity index is 308. The summed E-state index contributed by atoms with van der Waals surface area (Å²) in [4.78, 5) is 12.7. The minimum absolute atomic E-state index is 0.0000449. The van der Waals surface area contributed by atoms with Crippen LogP contribution in [-0.2, 0) is 9.53 Å². The molecule has 0 aromatic rings. The number of Topliss-reactive ketones (excluding diaryl/α,β-unsaturated/α-hetero) is 1. The summed E-state index contributed by atoms with van der Waals surface area (Å²) in [7, 11) is 0. The number of hydrogen-bond acceptors (Lipinski definition) is 4. The molecular weight excluding hydrogens is 258 g/mol. The Labute approximate surface area is 121 Å². The van der Waals surface area contributed by atoms with Crippen LogP contribution in [-0.4, -0.2) is 36.0 Å². The summed E-state index contributed by atoms with van der Waals surface area (Å²) in [6, 6.07) is 0. The summed E-state index contributed by atoms with van der Waals surface area (Å²) < 4.78 is 6.06. The number of rotatable bonds is 4. The van der Waals surface area contributed by atoms with E-state index in [4.69, 9.17) is 10.5 Å². The summed E-state index contributed by atoms with van der Waals surface area (Å²) >= 11 is 2.00. The highest BCUT2D eigenvalue weighted by Crippen LogP contribution is 2.40. The molecule has 2 unspecified atom stereocenters. The molecule has 0 aromatic carbocycles. The molecule has 0 bridgehead atoms. The van der Waals surface area contributed by atoms with Crippen LogP contribution in [0.2, 0.25) is 0 Å². The van der Waals surface area contributed by atoms with Crippen molar-refractivity contribution >= 4 is 17.5 Å². The van der Waals surface area contributed by atoms with E-state index >= 15 is 0 Å². The van der Waals surface area contributed by atoms with Crippen LogP contribution in [0.1, 0.15) is 39.5 Å². The van der Waals surface area contributed by atoms with Crippen LogP contribution >= 0.6 is 11.8 Å². The van der Waals surface area contributed by atoms with Gasteiger partial charge in [-0.2, -0.15) is 11.8 Å². The van der Waals surface area contributed by atoms with Gasteiger partial charge in [0.1, 0.15) is 5.78 Å². The molecule has 3 nitrogen and oxygen atoms in total. The van der Waals surface area contributed by atoms with E-state index < -0.39 is 0 Å². The normalized spacial score (nSPS) is 28.5. The van der Waals surface area contributed by atoms with Gasteiger partial charge >= 0.3 is 0 Å². The molecule has 110 valence electrons. The van der Waals surface area contributed by atoms with Gasteiger partial charge in [-0.15, -0.1) is 0 Å². The fraction of sp³-hybridized carbons (Fsp3) is 0.933. The third-order valence-electron chi connectivity index (χ3n) is 4.72. The fourth-order valence-corrected chi connectivity index (χ4v) is 4.62. The molecule has 2 atom stereocenters. The zero-order chi connectivity index (χ0) is 13.9. The number of ether oxygens (including phenoxy) is 1. The number of thioether (sulfide) groups is 1. The first-order chi connectivity index (χ1) is 9.08. The third-order valence-corrected chi connectivity index (χ3v) is 5.71. The van der Waals surface area contributed by atoms with E-state index in [1.54, 1.807) is 0 Å². The molecular formula is C15H27NO2S. The average Bonchev–Trinajstić information content (AvgIpc) is 2.40. The molecule has 2 aliphatic heterocycles. The van der Waals surface area contributed by atoms with Gasteiger partial charge in [0.2, 0.25) is 0 Å². The van der Waals surface area contributed by atoms with Gasteiger partial charge in [0, 0.05) is 25.0 Å². The topological polar surface area (TPSA) is 52.3 Å². The van der Waals surface area contributed by atoms with Crippen LogP contribution in [0.15, 0.2) is 0 Å². The maximum atomic E-state index is 12.7. The largest absolute Gasteiger partial charge is 0.375 e. The lowest BCUT2D eigenvalue weighted by Gasteiger charge is -2.43. The van der Waals surface area contributed by atoms with Crippen molar-refractivity contribution < 1.29 is 9.53 Å². The first kappa shape index (κ1) is 15.3. The number of nitrogens with two attached hydrogens (primary N) is 1. The molecule has 2 saturated heterocycles. The molecule has 2 heterocycles. The van der Waals surface area contributed by atoms with Gasteiger partial charge in [-0.05, 0) is 43.1 Å². The first-order valence-corrected chi connectivity index (χ1v) is 8.69. The van der Waals surface area contributed by atoms with Gasteiger partial charge in [-0.3, -0.25) is 4.79 Å². The highest BCUT2D eigenvalue weighted by molar-refractivity contribution is 7.99. The van der Waals surface area contributed by atoms with E-state index in [2.05, 4.69) is 13.8 Å². The highest BCUT2D eigenvalue weighted by Gasteiger charge is 2.42. The van der Waals surface area contributed by atoms with Gasteiger partial charge in [0.05, 0.1) is 5.60 Å². The van der Waals surface area contributed by atoms with Crippen LogP contribution < -0.4 is 5.73 Å². The van der Waals surface area contributed by atoms with Crippen molar-refractivity contribution in [1.29, 1.82) is 0 Å². The maximum absolute atomic E-state index is 12.7. The van der Waals surface area contributed by atoms with E-state index in [9.17, 15) is 4.79 Å². The average molecular weight is 285 g/mol. The second-order valence-electron chi connectivity index (χ2n) is 6.32. The molecule has 0 radical (unpaired) electrons. The van der Waals surface area contributed by atoms with Crippen molar-refractivity contribution in [2.75, 3.05) is 24.7 Å². The van der Waals surface area contributed by atoms with Crippen molar-refractivity contribution in [3.05, 3.63) is 0 Å². The molecule has 4 heteroatoms. The molecule has 2 aliphatic rings. The zero-order valence-electron chi connectivity index (χ0n) is 12.2. The van der Waals surface area contributed by atoms with E-state index in [1.807, 2.05) is 11.8 Å². The first-order valence-electron chi connectivity index (χ1n) is 7.53. The van der Waals surface area contributed by atoms with Gasteiger partial charge in [0.25, 0.3) is 0 Å². The van der Waals surface area contributed by atoms with E-state index in [-0.39, 0.29) is 17.4 Å². The lowest BCUT2D eigenvalue weighted by atomic mass is 9.75. The summed E-state index contributed by atoms with van der Waals surface area (Å²) in [6.07, 6.45) is 4.03. The SMILES string of the molecule is CC(C)C(CN)C(=O)C1CCOC2(CCSCC2)C1. The van der Waals surface area contributed by atoms with E-state index in [0.717, 1.165) is 32.3 Å². The summed E-state index contributed by atoms with van der Waals surface area (Å²) in [5.41, 5.74) is 5.80. The summed E-state index contributed by atoms with van der Waals surface area (Å²) in [6.45, 7) is 5.43. The second-order valence-corrected chi connectivity index (χ2v) is 7.55. The zero-order valence-corrected chi connectivity index (χ0v) is 13.0. The maximum Gasteiger partial charge on any atom is 0.140 e. The van der Waals surface area contributed by atoms with Crippen LogP contribution in [0.5, 0.6) is 0 Å². The molecule has 19 heavy (non-hydrogen) atoms. The minimum atomic E-state index is -0.0000449. The van der Waals surface area contributed by atoms with Crippen molar-refractivity contribution in [3.8, 4) is 0 Å². The van der Waals surface area contributed by atoms with Gasteiger partial charge in [-0.25, -0.2) is 0 Å². The predicted molar refractivity (Wildman–Crippen MR) is 80.4 cm³/mol. The molecule has 2 fully saturated rings. The van der Waals surface area contributed by atoms with Crippen LogP contribution in [0.25, 0.3) is 0 Å². The van der Waals surface area contributed by atoms with Crippen molar-refractivity contribution in [1.82, 2.24) is 0 Å². The smallest absolute Gasteiger partial charge is 0.140 e. The molecule has 1 spiro atoms. The molecule has 0 saturated carbocycles. The van der Waals surface area contributed by atoms with E-state index in [0.29, 0.717) is 18.2 Å². The molecule has 0 aromatic heterocycles. The van der Waals surface area contributed by atoms with Crippen molar-refractivity contribution in [2.24, 2.45) is 23.5 Å². The van der Waals surface area contributed by atoms with Crippen LogP contribution in [0.4, 0.5) is 0 Å². The molecule has 0 amide bonds. The highest BCUT2D eigenvalue weighted by atomic mass is 32.2. The number of carbonyl (C=O) groups is 1. The molecule has 2 N–H and O–H groups in total. The monoisotopic (exact) mass is 285 g/mol. The standard InChI is InChI=1S/C15H27NO2S/c1-11(2)13(10-16)14(17)12-3-6-18-15(9-12)4-7-19-8-5-15/h11-13H,3-10,16H2,1-2H3.